The van der Waals surface area contributed by atoms with Gasteiger partial charge in [0.1, 0.15) is 0 Å². The van der Waals surface area contributed by atoms with E-state index in [-0.39, 0.29) is 0 Å². The highest BCUT2D eigenvalue weighted by atomic mass is 32.1. The van der Waals surface area contributed by atoms with E-state index in [9.17, 15) is 0 Å². The average molecular weight is 268 g/mol. The van der Waals surface area contributed by atoms with Crippen LogP contribution in [0.1, 0.15) is 16.0 Å². The van der Waals surface area contributed by atoms with Gasteiger partial charge in [0, 0.05) is 28.5 Å². The van der Waals surface area contributed by atoms with E-state index in [0.29, 0.717) is 0 Å². The summed E-state index contributed by atoms with van der Waals surface area (Å²) >= 11 is 1.86. The Morgan fingerprint density at radius 3 is 3.00 bits per heavy atom. The summed E-state index contributed by atoms with van der Waals surface area (Å²) in [5, 5.41) is 1.38. The van der Waals surface area contributed by atoms with Crippen molar-refractivity contribution in [3.05, 3.63) is 59.0 Å². The molecule has 0 unspecified atom stereocenters. The van der Waals surface area contributed by atoms with Gasteiger partial charge in [0.2, 0.25) is 0 Å². The molecule has 1 aromatic carbocycles. The van der Waals surface area contributed by atoms with Crippen LogP contribution in [0, 0.1) is 13.8 Å². The number of aryl methyl sites for hydroxylation is 2. The summed E-state index contributed by atoms with van der Waals surface area (Å²) in [4.78, 5) is 5.39. The van der Waals surface area contributed by atoms with Gasteiger partial charge in [-0.15, -0.1) is 11.3 Å². The van der Waals surface area contributed by atoms with E-state index in [0.717, 1.165) is 6.54 Å². The first-order chi connectivity index (χ1) is 9.24. The van der Waals surface area contributed by atoms with Crippen LogP contribution in [0.3, 0.4) is 0 Å². The molecule has 0 fully saturated rings. The first-order valence-corrected chi connectivity index (χ1v) is 7.18. The van der Waals surface area contributed by atoms with Crippen molar-refractivity contribution in [3.63, 3.8) is 0 Å². The standard InChI is InChI=1S/C16H16N2S/c1-12-5-6-16-14(10-12)13(2)15(19-16)4-3-8-18-9-7-17-11-18/h3-7,9-11H,8H2,1-2H3/b4-3+. The Morgan fingerprint density at radius 1 is 1.32 bits per heavy atom. The fraction of sp³-hybridized carbons (Fsp3) is 0.188. The van der Waals surface area contributed by atoms with E-state index in [4.69, 9.17) is 0 Å². The minimum Gasteiger partial charge on any atom is -0.334 e. The maximum Gasteiger partial charge on any atom is 0.0948 e. The lowest BCUT2D eigenvalue weighted by molar-refractivity contribution is 0.823. The predicted octanol–water partition coefficient (Wildman–Crippen LogP) is 4.43. The molecule has 0 amide bonds. The van der Waals surface area contributed by atoms with Crippen molar-refractivity contribution >= 4 is 27.5 Å². The van der Waals surface area contributed by atoms with Gasteiger partial charge in [-0.05, 0) is 36.9 Å². The normalized spacial score (nSPS) is 11.7. The number of nitrogens with zero attached hydrogens (tertiary/aromatic N) is 2. The highest BCUT2D eigenvalue weighted by molar-refractivity contribution is 7.20. The molecule has 3 rings (SSSR count). The summed E-state index contributed by atoms with van der Waals surface area (Å²) < 4.78 is 3.42. The molecule has 0 saturated carbocycles. The summed E-state index contributed by atoms with van der Waals surface area (Å²) in [7, 11) is 0. The Hall–Kier alpha value is -1.87. The number of imidazole rings is 1. The zero-order valence-electron chi connectivity index (χ0n) is 11.1. The van der Waals surface area contributed by atoms with Crippen LogP contribution in [0.5, 0.6) is 0 Å². The van der Waals surface area contributed by atoms with Gasteiger partial charge in [-0.3, -0.25) is 0 Å². The zero-order chi connectivity index (χ0) is 13.2. The fourth-order valence-electron chi connectivity index (χ4n) is 2.19. The van der Waals surface area contributed by atoms with Crippen LogP contribution in [-0.4, -0.2) is 9.55 Å². The monoisotopic (exact) mass is 268 g/mol. The van der Waals surface area contributed by atoms with Gasteiger partial charge in [0.25, 0.3) is 0 Å². The molecule has 0 N–H and O–H groups in total. The third-order valence-electron chi connectivity index (χ3n) is 3.27. The van der Waals surface area contributed by atoms with Crippen LogP contribution in [-0.2, 0) is 6.54 Å². The molecular formula is C16H16N2S. The summed E-state index contributed by atoms with van der Waals surface area (Å²) in [6.07, 6.45) is 10.0. The molecule has 19 heavy (non-hydrogen) atoms. The van der Waals surface area contributed by atoms with Gasteiger partial charge in [0.15, 0.2) is 0 Å². The number of fused-ring (bicyclic) bond motifs is 1. The van der Waals surface area contributed by atoms with Crippen LogP contribution in [0.15, 0.2) is 43.0 Å². The number of aromatic nitrogens is 2. The van der Waals surface area contributed by atoms with Crippen LogP contribution >= 0.6 is 11.3 Å². The van der Waals surface area contributed by atoms with Crippen molar-refractivity contribution in [2.45, 2.75) is 20.4 Å². The second kappa shape index (κ2) is 5.02. The minimum absolute atomic E-state index is 0.868. The molecule has 96 valence electrons. The molecule has 2 heterocycles. The van der Waals surface area contributed by atoms with E-state index in [1.807, 2.05) is 23.9 Å². The second-order valence-corrected chi connectivity index (χ2v) is 5.84. The highest BCUT2D eigenvalue weighted by Crippen LogP contribution is 2.32. The molecular weight excluding hydrogens is 252 g/mol. The van der Waals surface area contributed by atoms with Crippen molar-refractivity contribution in [2.75, 3.05) is 0 Å². The molecule has 0 spiro atoms. The van der Waals surface area contributed by atoms with E-state index in [2.05, 4.69) is 53.7 Å². The third-order valence-corrected chi connectivity index (χ3v) is 4.51. The number of benzene rings is 1. The van der Waals surface area contributed by atoms with Crippen LogP contribution in [0.25, 0.3) is 16.2 Å². The lowest BCUT2D eigenvalue weighted by atomic mass is 10.1. The molecule has 3 aromatic rings. The molecule has 2 aromatic heterocycles. The smallest absolute Gasteiger partial charge is 0.0948 e. The van der Waals surface area contributed by atoms with Crippen LogP contribution < -0.4 is 0 Å². The lowest BCUT2D eigenvalue weighted by Crippen LogP contribution is -1.88. The third kappa shape index (κ3) is 2.47. The first-order valence-electron chi connectivity index (χ1n) is 6.36. The highest BCUT2D eigenvalue weighted by Gasteiger charge is 2.05. The van der Waals surface area contributed by atoms with E-state index in [1.165, 1.54) is 26.1 Å². The Bertz CT molecular complexity index is 721. The predicted molar refractivity (Wildman–Crippen MR) is 82.6 cm³/mol. The molecule has 0 radical (unpaired) electrons. The molecule has 0 aliphatic carbocycles. The van der Waals surface area contributed by atoms with Gasteiger partial charge in [-0.25, -0.2) is 4.98 Å². The number of rotatable bonds is 3. The first kappa shape index (κ1) is 12.2. The van der Waals surface area contributed by atoms with Crippen molar-refractivity contribution in [2.24, 2.45) is 0 Å². The quantitative estimate of drug-likeness (QED) is 0.687. The summed E-state index contributed by atoms with van der Waals surface area (Å²) in [5.74, 6) is 0. The average Bonchev–Trinajstić information content (AvgIpc) is 3.00. The van der Waals surface area contributed by atoms with Crippen molar-refractivity contribution in [3.8, 4) is 0 Å². The largest absolute Gasteiger partial charge is 0.334 e. The summed E-state index contributed by atoms with van der Waals surface area (Å²) in [5.41, 5.74) is 2.70. The summed E-state index contributed by atoms with van der Waals surface area (Å²) in [6.45, 7) is 5.22. The maximum absolute atomic E-state index is 4.04. The van der Waals surface area contributed by atoms with Gasteiger partial charge in [-0.2, -0.15) is 0 Å². The Labute approximate surface area is 117 Å². The maximum atomic E-state index is 4.04. The SMILES string of the molecule is Cc1ccc2sc(/C=C/Cn3ccnc3)c(C)c2c1. The van der Waals surface area contributed by atoms with E-state index >= 15 is 0 Å². The lowest BCUT2D eigenvalue weighted by Gasteiger charge is -1.95. The number of hydrogen-bond donors (Lipinski definition) is 0. The van der Waals surface area contributed by atoms with Gasteiger partial charge < -0.3 is 4.57 Å². The van der Waals surface area contributed by atoms with Crippen molar-refractivity contribution in [1.82, 2.24) is 9.55 Å². The fourth-order valence-corrected chi connectivity index (χ4v) is 3.31. The van der Waals surface area contributed by atoms with Gasteiger partial charge >= 0.3 is 0 Å². The molecule has 0 aliphatic heterocycles. The van der Waals surface area contributed by atoms with E-state index in [1.54, 1.807) is 6.20 Å². The Kier molecular flexibility index (Phi) is 3.22. The number of hydrogen-bond acceptors (Lipinski definition) is 2. The second-order valence-electron chi connectivity index (χ2n) is 4.75. The summed E-state index contributed by atoms with van der Waals surface area (Å²) in [6, 6.07) is 6.67. The molecule has 2 nitrogen and oxygen atoms in total. The van der Waals surface area contributed by atoms with Gasteiger partial charge in [0.05, 0.1) is 6.33 Å². The van der Waals surface area contributed by atoms with Gasteiger partial charge in [-0.1, -0.05) is 23.8 Å². The van der Waals surface area contributed by atoms with Crippen molar-refractivity contribution < 1.29 is 0 Å². The zero-order valence-corrected chi connectivity index (χ0v) is 11.9. The van der Waals surface area contributed by atoms with Crippen LogP contribution in [0.2, 0.25) is 0 Å². The molecule has 0 atom stereocenters. The van der Waals surface area contributed by atoms with Crippen LogP contribution in [0.4, 0.5) is 0 Å². The van der Waals surface area contributed by atoms with Crippen molar-refractivity contribution in [1.29, 1.82) is 0 Å². The molecule has 0 aliphatic rings. The molecule has 0 saturated heterocycles. The van der Waals surface area contributed by atoms with E-state index < -0.39 is 0 Å². The number of thiophene rings is 1. The number of allylic oxidation sites excluding steroid dienone is 1. The minimum atomic E-state index is 0.868. The Balaban J connectivity index is 1.88. The topological polar surface area (TPSA) is 17.8 Å². The molecule has 3 heteroatoms. The molecule has 0 bridgehead atoms. The Morgan fingerprint density at radius 2 is 2.21 bits per heavy atom.